The molecule has 2 aromatic rings. The molecule has 0 aliphatic heterocycles. The Morgan fingerprint density at radius 1 is 1.10 bits per heavy atom. The third kappa shape index (κ3) is 1.68. The summed E-state index contributed by atoms with van der Waals surface area (Å²) in [6.45, 7) is 0. The van der Waals surface area contributed by atoms with Gasteiger partial charge in [-0.15, -0.1) is 0 Å². The molecular formula is C17H19ClN2S. The van der Waals surface area contributed by atoms with Crippen LogP contribution in [-0.2, 0) is 5.54 Å². The first-order chi connectivity index (χ1) is 10.1. The lowest BCUT2D eigenvalue weighted by Gasteiger charge is -2.57. The lowest BCUT2D eigenvalue weighted by atomic mass is 9.53. The summed E-state index contributed by atoms with van der Waals surface area (Å²) in [6, 6.07) is 6.08. The van der Waals surface area contributed by atoms with Crippen LogP contribution in [0, 0.1) is 22.5 Å². The number of imidazole rings is 1. The topological polar surface area (TPSA) is 20.7 Å². The third-order valence-electron chi connectivity index (χ3n) is 6.14. The number of halogens is 1. The Bertz CT molecular complexity index is 752. The highest BCUT2D eigenvalue weighted by atomic mass is 35.5. The summed E-state index contributed by atoms with van der Waals surface area (Å²) in [5.41, 5.74) is 2.45. The maximum atomic E-state index is 6.53. The maximum Gasteiger partial charge on any atom is 0.178 e. The van der Waals surface area contributed by atoms with Crippen LogP contribution in [-0.4, -0.2) is 9.55 Å². The molecule has 1 N–H and O–H groups in total. The van der Waals surface area contributed by atoms with Crippen LogP contribution in [0.15, 0.2) is 18.2 Å². The molecule has 4 fully saturated rings. The van der Waals surface area contributed by atoms with E-state index in [0.29, 0.717) is 0 Å². The molecule has 4 saturated carbocycles. The first kappa shape index (κ1) is 12.7. The summed E-state index contributed by atoms with van der Waals surface area (Å²) >= 11 is 12.2. The fourth-order valence-corrected chi connectivity index (χ4v) is 6.56. The molecule has 4 heteroatoms. The van der Waals surface area contributed by atoms with Crippen molar-refractivity contribution in [2.24, 2.45) is 17.8 Å². The number of benzene rings is 1. The highest BCUT2D eigenvalue weighted by Gasteiger charge is 2.52. The highest BCUT2D eigenvalue weighted by Crippen LogP contribution is 2.59. The number of rotatable bonds is 1. The van der Waals surface area contributed by atoms with Gasteiger partial charge in [-0.1, -0.05) is 17.7 Å². The monoisotopic (exact) mass is 318 g/mol. The number of para-hydroxylation sites is 1. The normalized spacial score (nSPS) is 37.5. The number of nitrogens with one attached hydrogen (secondary N) is 1. The predicted octanol–water partition coefficient (Wildman–Crippen LogP) is 5.28. The zero-order valence-corrected chi connectivity index (χ0v) is 13.5. The van der Waals surface area contributed by atoms with Crippen LogP contribution in [0.5, 0.6) is 0 Å². The second kappa shape index (κ2) is 4.14. The molecule has 110 valence electrons. The molecule has 1 aromatic carbocycles. The number of hydrogen-bond acceptors (Lipinski definition) is 1. The average Bonchev–Trinajstić information content (AvgIpc) is 2.75. The molecule has 2 nitrogen and oxygen atoms in total. The molecule has 21 heavy (non-hydrogen) atoms. The lowest BCUT2D eigenvalue weighted by molar-refractivity contribution is -0.0416. The molecule has 0 amide bonds. The van der Waals surface area contributed by atoms with Crippen LogP contribution < -0.4 is 0 Å². The van der Waals surface area contributed by atoms with Gasteiger partial charge < -0.3 is 9.55 Å². The van der Waals surface area contributed by atoms with Gasteiger partial charge in [-0.05, 0) is 80.6 Å². The number of nitrogens with zero attached hydrogens (tertiary/aromatic N) is 1. The van der Waals surface area contributed by atoms with E-state index in [1.165, 1.54) is 38.5 Å². The Labute approximate surface area is 134 Å². The van der Waals surface area contributed by atoms with Gasteiger partial charge in [0.05, 0.1) is 16.1 Å². The largest absolute Gasteiger partial charge is 0.331 e. The molecule has 1 heterocycles. The summed E-state index contributed by atoms with van der Waals surface area (Å²) in [4.78, 5) is 3.39. The Balaban J connectivity index is 1.78. The number of aromatic nitrogens is 2. The molecule has 0 saturated heterocycles. The minimum Gasteiger partial charge on any atom is -0.331 e. The van der Waals surface area contributed by atoms with Gasteiger partial charge >= 0.3 is 0 Å². The Morgan fingerprint density at radius 3 is 2.33 bits per heavy atom. The first-order valence-corrected chi connectivity index (χ1v) is 8.83. The Kier molecular flexibility index (Phi) is 2.51. The van der Waals surface area contributed by atoms with Gasteiger partial charge in [0.1, 0.15) is 0 Å². The molecule has 0 radical (unpaired) electrons. The number of aromatic amines is 1. The van der Waals surface area contributed by atoms with Gasteiger partial charge in [0.25, 0.3) is 0 Å². The molecule has 4 aliphatic rings. The lowest BCUT2D eigenvalue weighted by Crippen LogP contribution is -2.51. The SMILES string of the molecule is S=c1[nH]c2cccc(Cl)c2n1C12CC3CC(CC(C3)C1)C2. The smallest absolute Gasteiger partial charge is 0.178 e. The predicted molar refractivity (Wildman–Crippen MR) is 88.3 cm³/mol. The van der Waals surface area contributed by atoms with E-state index in [1.54, 1.807) is 0 Å². The van der Waals surface area contributed by atoms with Crippen molar-refractivity contribution in [3.63, 3.8) is 0 Å². The molecule has 0 spiro atoms. The summed E-state index contributed by atoms with van der Waals surface area (Å²) in [7, 11) is 0. The zero-order chi connectivity index (χ0) is 14.2. The minimum atomic E-state index is 0.231. The highest BCUT2D eigenvalue weighted by molar-refractivity contribution is 7.71. The van der Waals surface area contributed by atoms with Crippen molar-refractivity contribution in [2.45, 2.75) is 44.1 Å². The summed E-state index contributed by atoms with van der Waals surface area (Å²) in [5, 5.41) is 0.829. The van der Waals surface area contributed by atoms with Crippen LogP contribution >= 0.6 is 23.8 Å². The van der Waals surface area contributed by atoms with Crippen LogP contribution in [0.25, 0.3) is 11.0 Å². The van der Waals surface area contributed by atoms with Gasteiger partial charge in [0, 0.05) is 5.54 Å². The second-order valence-electron chi connectivity index (χ2n) is 7.54. The van der Waals surface area contributed by atoms with Gasteiger partial charge in [-0.25, -0.2) is 0 Å². The fraction of sp³-hybridized carbons (Fsp3) is 0.588. The van der Waals surface area contributed by atoms with Crippen molar-refractivity contribution < 1.29 is 0 Å². The van der Waals surface area contributed by atoms with Crippen molar-refractivity contribution in [1.82, 2.24) is 9.55 Å². The number of H-pyrrole nitrogens is 1. The van der Waals surface area contributed by atoms with Gasteiger partial charge in [0.15, 0.2) is 4.77 Å². The van der Waals surface area contributed by atoms with Crippen molar-refractivity contribution in [1.29, 1.82) is 0 Å². The molecule has 4 bridgehead atoms. The summed E-state index contributed by atoms with van der Waals surface area (Å²) in [5.74, 6) is 2.72. The van der Waals surface area contributed by atoms with Crippen LogP contribution in [0.3, 0.4) is 0 Å². The molecule has 6 rings (SSSR count). The van der Waals surface area contributed by atoms with Crippen molar-refractivity contribution in [3.05, 3.63) is 28.0 Å². The van der Waals surface area contributed by atoms with Crippen LogP contribution in [0.1, 0.15) is 38.5 Å². The first-order valence-electron chi connectivity index (χ1n) is 8.04. The van der Waals surface area contributed by atoms with E-state index in [2.05, 4.69) is 15.6 Å². The van der Waals surface area contributed by atoms with E-state index in [4.69, 9.17) is 23.8 Å². The summed E-state index contributed by atoms with van der Waals surface area (Å²) in [6.07, 6.45) is 8.23. The van der Waals surface area contributed by atoms with E-state index in [9.17, 15) is 0 Å². The maximum absolute atomic E-state index is 6.53. The van der Waals surface area contributed by atoms with E-state index in [-0.39, 0.29) is 5.54 Å². The number of fused-ring (bicyclic) bond motifs is 1. The van der Waals surface area contributed by atoms with E-state index in [0.717, 1.165) is 38.6 Å². The molecule has 0 atom stereocenters. The van der Waals surface area contributed by atoms with Crippen molar-refractivity contribution in [3.8, 4) is 0 Å². The average molecular weight is 319 g/mol. The molecule has 1 aromatic heterocycles. The van der Waals surface area contributed by atoms with Crippen LogP contribution in [0.2, 0.25) is 5.02 Å². The third-order valence-corrected chi connectivity index (χ3v) is 6.72. The zero-order valence-electron chi connectivity index (χ0n) is 11.9. The van der Waals surface area contributed by atoms with Crippen molar-refractivity contribution >= 4 is 34.9 Å². The van der Waals surface area contributed by atoms with E-state index >= 15 is 0 Å². The molecule has 4 aliphatic carbocycles. The molecular weight excluding hydrogens is 300 g/mol. The summed E-state index contributed by atoms with van der Waals surface area (Å²) < 4.78 is 3.27. The van der Waals surface area contributed by atoms with Gasteiger partial charge in [-0.2, -0.15) is 0 Å². The fourth-order valence-electron chi connectivity index (χ4n) is 5.91. The number of hydrogen-bond donors (Lipinski definition) is 1. The van der Waals surface area contributed by atoms with E-state index in [1.807, 2.05) is 12.1 Å². The minimum absolute atomic E-state index is 0.231. The Morgan fingerprint density at radius 2 is 1.71 bits per heavy atom. The van der Waals surface area contributed by atoms with Gasteiger partial charge in [-0.3, -0.25) is 0 Å². The quantitative estimate of drug-likeness (QED) is 0.710. The second-order valence-corrected chi connectivity index (χ2v) is 8.34. The van der Waals surface area contributed by atoms with E-state index < -0.39 is 0 Å². The van der Waals surface area contributed by atoms with Crippen LogP contribution in [0.4, 0.5) is 0 Å². The standard InChI is InChI=1S/C17H19ClN2S/c18-13-2-1-3-14-15(13)20(16(21)19-14)17-7-10-4-11(8-17)6-12(5-10)9-17/h1-3,10-12H,4-9H2,(H,19,21). The van der Waals surface area contributed by atoms with Gasteiger partial charge in [0.2, 0.25) is 0 Å². The molecule has 0 unspecified atom stereocenters. The van der Waals surface area contributed by atoms with Crippen molar-refractivity contribution in [2.75, 3.05) is 0 Å². The Hall–Kier alpha value is -0.800.